The van der Waals surface area contributed by atoms with E-state index in [0.29, 0.717) is 6.42 Å². The number of aliphatic hydroxyl groups is 2. The van der Waals surface area contributed by atoms with Gasteiger partial charge in [-0.1, -0.05) is 0 Å². The smallest absolute Gasteiger partial charge is 0.309 e. The van der Waals surface area contributed by atoms with Gasteiger partial charge in [-0.3, -0.25) is 4.79 Å². The zero-order valence-electron chi connectivity index (χ0n) is 6.41. The standard InChI is InChI=1S/C7H12O4/c1-7(10)2-5(4-8)11-6(9)3-7/h5,8,10H,2-4H2,1H3/t5-,7+/m1/s1. The topological polar surface area (TPSA) is 66.8 Å². The number of aliphatic hydroxyl groups excluding tert-OH is 1. The minimum atomic E-state index is -1.01. The van der Waals surface area contributed by atoms with Crippen molar-refractivity contribution in [2.45, 2.75) is 31.5 Å². The molecule has 11 heavy (non-hydrogen) atoms. The monoisotopic (exact) mass is 160 g/mol. The average molecular weight is 160 g/mol. The Morgan fingerprint density at radius 1 is 1.82 bits per heavy atom. The summed E-state index contributed by atoms with van der Waals surface area (Å²) in [5.74, 6) is -0.444. The molecule has 4 heteroatoms. The van der Waals surface area contributed by atoms with E-state index >= 15 is 0 Å². The van der Waals surface area contributed by atoms with Gasteiger partial charge in [-0.2, -0.15) is 0 Å². The quantitative estimate of drug-likeness (QED) is 0.504. The third-order valence-electron chi connectivity index (χ3n) is 1.69. The number of carbonyl (C=O) groups excluding carboxylic acids is 1. The van der Waals surface area contributed by atoms with E-state index in [9.17, 15) is 9.90 Å². The summed E-state index contributed by atoms with van der Waals surface area (Å²) >= 11 is 0. The largest absolute Gasteiger partial charge is 0.460 e. The van der Waals surface area contributed by atoms with Crippen molar-refractivity contribution in [1.82, 2.24) is 0 Å². The highest BCUT2D eigenvalue weighted by Gasteiger charge is 2.35. The van der Waals surface area contributed by atoms with Crippen LogP contribution in [0, 0.1) is 0 Å². The van der Waals surface area contributed by atoms with Crippen LogP contribution in [0.1, 0.15) is 19.8 Å². The van der Waals surface area contributed by atoms with E-state index < -0.39 is 17.7 Å². The highest BCUT2D eigenvalue weighted by Crippen LogP contribution is 2.24. The van der Waals surface area contributed by atoms with Crippen LogP contribution in [0.5, 0.6) is 0 Å². The van der Waals surface area contributed by atoms with Crippen molar-refractivity contribution in [3.63, 3.8) is 0 Å². The van der Waals surface area contributed by atoms with E-state index in [1.165, 1.54) is 0 Å². The van der Waals surface area contributed by atoms with Crippen LogP contribution < -0.4 is 0 Å². The molecule has 1 fully saturated rings. The lowest BCUT2D eigenvalue weighted by molar-refractivity contribution is -0.171. The van der Waals surface area contributed by atoms with Gasteiger partial charge in [0.2, 0.25) is 0 Å². The van der Waals surface area contributed by atoms with E-state index in [1.807, 2.05) is 0 Å². The summed E-state index contributed by atoms with van der Waals surface area (Å²) in [6, 6.07) is 0. The summed E-state index contributed by atoms with van der Waals surface area (Å²) in [6.45, 7) is 1.35. The minimum absolute atomic E-state index is 0.0174. The van der Waals surface area contributed by atoms with Gasteiger partial charge in [-0.05, 0) is 6.92 Å². The maximum atomic E-state index is 10.8. The maximum absolute atomic E-state index is 10.8. The molecule has 0 aromatic carbocycles. The Bertz CT molecular complexity index is 164. The molecule has 1 saturated heterocycles. The zero-order chi connectivity index (χ0) is 8.48. The van der Waals surface area contributed by atoms with Crippen molar-refractivity contribution in [3.8, 4) is 0 Å². The fraction of sp³-hybridized carbons (Fsp3) is 0.857. The van der Waals surface area contributed by atoms with Crippen LogP contribution in [-0.2, 0) is 9.53 Å². The summed E-state index contributed by atoms with van der Waals surface area (Å²) in [6.07, 6.45) is -0.204. The van der Waals surface area contributed by atoms with Gasteiger partial charge in [-0.15, -0.1) is 0 Å². The molecule has 0 aliphatic carbocycles. The predicted molar refractivity (Wildman–Crippen MR) is 36.8 cm³/mol. The number of rotatable bonds is 1. The SMILES string of the molecule is C[C@@]1(O)CC(=O)O[C@@H](CO)C1. The first-order chi connectivity index (χ1) is 5.03. The van der Waals surface area contributed by atoms with Gasteiger partial charge in [0.25, 0.3) is 0 Å². The molecule has 4 nitrogen and oxygen atoms in total. The van der Waals surface area contributed by atoms with Crippen LogP contribution in [0.2, 0.25) is 0 Å². The van der Waals surface area contributed by atoms with Crippen molar-refractivity contribution in [3.05, 3.63) is 0 Å². The first kappa shape index (κ1) is 8.49. The number of carbonyl (C=O) groups is 1. The zero-order valence-corrected chi connectivity index (χ0v) is 6.41. The van der Waals surface area contributed by atoms with Gasteiger partial charge >= 0.3 is 5.97 Å². The summed E-state index contributed by atoms with van der Waals surface area (Å²) < 4.78 is 4.72. The molecule has 0 aromatic heterocycles. The molecule has 1 aliphatic heterocycles. The summed E-state index contributed by atoms with van der Waals surface area (Å²) in [4.78, 5) is 10.8. The fourth-order valence-corrected chi connectivity index (χ4v) is 1.24. The molecule has 2 atom stereocenters. The van der Waals surface area contributed by atoms with Crippen molar-refractivity contribution < 1.29 is 19.7 Å². The van der Waals surface area contributed by atoms with Crippen molar-refractivity contribution in [2.24, 2.45) is 0 Å². The molecule has 0 radical (unpaired) electrons. The molecule has 1 heterocycles. The van der Waals surface area contributed by atoms with Crippen LogP contribution in [0.3, 0.4) is 0 Å². The molecule has 0 aromatic rings. The number of cyclic esters (lactones) is 1. The van der Waals surface area contributed by atoms with Crippen LogP contribution in [0.25, 0.3) is 0 Å². The van der Waals surface area contributed by atoms with Crippen LogP contribution in [-0.4, -0.2) is 34.5 Å². The predicted octanol–water partition coefficient (Wildman–Crippen LogP) is -0.565. The number of esters is 1. The van der Waals surface area contributed by atoms with E-state index in [4.69, 9.17) is 9.84 Å². The molecular formula is C7H12O4. The van der Waals surface area contributed by atoms with E-state index in [0.717, 1.165) is 0 Å². The number of ether oxygens (including phenoxy) is 1. The van der Waals surface area contributed by atoms with E-state index in [2.05, 4.69) is 0 Å². The highest BCUT2D eigenvalue weighted by molar-refractivity contribution is 5.71. The first-order valence-corrected chi connectivity index (χ1v) is 3.56. The second-order valence-electron chi connectivity index (χ2n) is 3.17. The lowest BCUT2D eigenvalue weighted by Crippen LogP contribution is -2.42. The number of hydrogen-bond acceptors (Lipinski definition) is 4. The van der Waals surface area contributed by atoms with E-state index in [-0.39, 0.29) is 13.0 Å². The lowest BCUT2D eigenvalue weighted by atomic mass is 9.92. The van der Waals surface area contributed by atoms with Crippen LogP contribution in [0.15, 0.2) is 0 Å². The average Bonchev–Trinajstić information content (AvgIpc) is 1.83. The minimum Gasteiger partial charge on any atom is -0.460 e. The molecule has 64 valence electrons. The van der Waals surface area contributed by atoms with Gasteiger partial charge in [-0.25, -0.2) is 0 Å². The molecule has 2 N–H and O–H groups in total. The molecule has 0 spiro atoms. The van der Waals surface area contributed by atoms with Crippen LogP contribution >= 0.6 is 0 Å². The molecule has 0 saturated carbocycles. The molecule has 1 rings (SSSR count). The summed E-state index contributed by atoms with van der Waals surface area (Å²) in [5.41, 5.74) is -1.01. The summed E-state index contributed by atoms with van der Waals surface area (Å²) in [5, 5.41) is 18.1. The maximum Gasteiger partial charge on any atom is 0.309 e. The Balaban J connectivity index is 2.58. The first-order valence-electron chi connectivity index (χ1n) is 3.56. The van der Waals surface area contributed by atoms with Crippen molar-refractivity contribution >= 4 is 5.97 Å². The molecule has 1 aliphatic rings. The Labute approximate surface area is 64.8 Å². The Kier molecular flexibility index (Phi) is 2.15. The normalized spacial score (nSPS) is 38.5. The second kappa shape index (κ2) is 2.79. The van der Waals surface area contributed by atoms with Crippen molar-refractivity contribution in [2.75, 3.05) is 6.61 Å². The van der Waals surface area contributed by atoms with Gasteiger partial charge < -0.3 is 14.9 Å². The second-order valence-corrected chi connectivity index (χ2v) is 3.17. The fourth-order valence-electron chi connectivity index (χ4n) is 1.24. The van der Waals surface area contributed by atoms with E-state index in [1.54, 1.807) is 6.92 Å². The molecule has 0 amide bonds. The molecule has 0 bridgehead atoms. The van der Waals surface area contributed by atoms with Crippen LogP contribution in [0.4, 0.5) is 0 Å². The van der Waals surface area contributed by atoms with Gasteiger partial charge in [0.05, 0.1) is 18.6 Å². The Morgan fingerprint density at radius 2 is 2.45 bits per heavy atom. The van der Waals surface area contributed by atoms with Crippen molar-refractivity contribution in [1.29, 1.82) is 0 Å². The highest BCUT2D eigenvalue weighted by atomic mass is 16.6. The Hall–Kier alpha value is -0.610. The molecular weight excluding hydrogens is 148 g/mol. The number of hydrogen-bond donors (Lipinski definition) is 2. The third-order valence-corrected chi connectivity index (χ3v) is 1.69. The third kappa shape index (κ3) is 2.17. The summed E-state index contributed by atoms with van der Waals surface area (Å²) in [7, 11) is 0. The Morgan fingerprint density at radius 3 is 2.91 bits per heavy atom. The molecule has 0 unspecified atom stereocenters. The van der Waals surface area contributed by atoms with Gasteiger partial charge in [0.1, 0.15) is 6.10 Å². The lowest BCUT2D eigenvalue weighted by Gasteiger charge is -2.31. The van der Waals surface area contributed by atoms with Gasteiger partial charge in [0, 0.05) is 6.42 Å². The van der Waals surface area contributed by atoms with Gasteiger partial charge in [0.15, 0.2) is 0 Å².